The minimum atomic E-state index is 0.0525. The summed E-state index contributed by atoms with van der Waals surface area (Å²) in [4.78, 5) is 0. The first-order chi connectivity index (χ1) is 4.86. The molecule has 0 aromatic rings. The van der Waals surface area contributed by atoms with Crippen LogP contribution < -0.4 is 0 Å². The molecule has 2 unspecified atom stereocenters. The van der Waals surface area contributed by atoms with E-state index in [1.54, 1.807) is 0 Å². The van der Waals surface area contributed by atoms with Crippen molar-refractivity contribution in [1.82, 2.24) is 0 Å². The van der Waals surface area contributed by atoms with E-state index in [1.807, 2.05) is 6.08 Å². The summed E-state index contributed by atoms with van der Waals surface area (Å²) in [6.07, 6.45) is 5.22. The van der Waals surface area contributed by atoms with Crippen molar-refractivity contribution in [3.8, 4) is 0 Å². The van der Waals surface area contributed by atoms with E-state index in [2.05, 4.69) is 6.58 Å². The van der Waals surface area contributed by atoms with Gasteiger partial charge in [-0.2, -0.15) is 0 Å². The lowest BCUT2D eigenvalue weighted by Gasteiger charge is -2.26. The standard InChI is InChI=1S/C8H14O2/c1-2-7-4-3-5-8(6-9)10-7/h2,7-9H,1,3-6H2. The predicted octanol–water partition coefficient (Wildman–Crippen LogP) is 1.10. The molecule has 0 aromatic carbocycles. The summed E-state index contributed by atoms with van der Waals surface area (Å²) >= 11 is 0. The lowest BCUT2D eigenvalue weighted by atomic mass is 10.0. The van der Waals surface area contributed by atoms with Gasteiger partial charge in [0.15, 0.2) is 0 Å². The van der Waals surface area contributed by atoms with Crippen molar-refractivity contribution < 1.29 is 9.84 Å². The number of aliphatic hydroxyl groups excluding tert-OH is 1. The average Bonchev–Trinajstić information content (AvgIpc) is 2.05. The fraction of sp³-hybridized carbons (Fsp3) is 0.750. The molecule has 2 atom stereocenters. The normalized spacial score (nSPS) is 33.7. The van der Waals surface area contributed by atoms with Crippen molar-refractivity contribution in [3.05, 3.63) is 12.7 Å². The number of hydrogen-bond acceptors (Lipinski definition) is 2. The van der Waals surface area contributed by atoms with Crippen molar-refractivity contribution in [1.29, 1.82) is 0 Å². The smallest absolute Gasteiger partial charge is 0.0813 e. The maximum absolute atomic E-state index is 8.75. The van der Waals surface area contributed by atoms with Gasteiger partial charge in [0.05, 0.1) is 18.8 Å². The molecule has 2 nitrogen and oxygen atoms in total. The number of hydrogen-bond donors (Lipinski definition) is 1. The van der Waals surface area contributed by atoms with E-state index in [-0.39, 0.29) is 18.8 Å². The molecule has 0 bridgehead atoms. The highest BCUT2D eigenvalue weighted by molar-refractivity contribution is 4.84. The summed E-state index contributed by atoms with van der Waals surface area (Å²) in [6, 6.07) is 0. The largest absolute Gasteiger partial charge is 0.394 e. The minimum absolute atomic E-state index is 0.0525. The van der Waals surface area contributed by atoms with E-state index >= 15 is 0 Å². The second-order valence-corrected chi connectivity index (χ2v) is 2.65. The van der Waals surface area contributed by atoms with Crippen molar-refractivity contribution in [3.63, 3.8) is 0 Å². The van der Waals surface area contributed by atoms with Crippen molar-refractivity contribution in [2.45, 2.75) is 31.5 Å². The van der Waals surface area contributed by atoms with Gasteiger partial charge < -0.3 is 9.84 Å². The molecule has 0 saturated carbocycles. The van der Waals surface area contributed by atoms with Crippen molar-refractivity contribution in [2.24, 2.45) is 0 Å². The first-order valence-electron chi connectivity index (χ1n) is 3.75. The first-order valence-corrected chi connectivity index (χ1v) is 3.75. The molecule has 1 saturated heterocycles. The summed E-state index contributed by atoms with van der Waals surface area (Å²) in [5, 5.41) is 8.75. The lowest BCUT2D eigenvalue weighted by molar-refractivity contribution is -0.0508. The van der Waals surface area contributed by atoms with Gasteiger partial charge in [-0.15, -0.1) is 6.58 Å². The molecule has 0 spiro atoms. The molecule has 1 rings (SSSR count). The molecule has 0 aliphatic carbocycles. The summed E-state index contributed by atoms with van der Waals surface area (Å²) in [5.74, 6) is 0. The zero-order valence-corrected chi connectivity index (χ0v) is 6.12. The Morgan fingerprint density at radius 3 is 3.00 bits per heavy atom. The highest BCUT2D eigenvalue weighted by atomic mass is 16.5. The van der Waals surface area contributed by atoms with Crippen molar-refractivity contribution in [2.75, 3.05) is 6.61 Å². The van der Waals surface area contributed by atoms with E-state index in [9.17, 15) is 0 Å². The van der Waals surface area contributed by atoms with E-state index in [1.165, 1.54) is 0 Å². The van der Waals surface area contributed by atoms with E-state index in [4.69, 9.17) is 9.84 Å². The molecule has 0 amide bonds. The minimum Gasteiger partial charge on any atom is -0.394 e. The molecule has 1 N–H and O–H groups in total. The molecule has 58 valence electrons. The van der Waals surface area contributed by atoms with Crippen LogP contribution in [0.25, 0.3) is 0 Å². The molecule has 2 heteroatoms. The van der Waals surface area contributed by atoms with Crippen LogP contribution in [0, 0.1) is 0 Å². The van der Waals surface area contributed by atoms with Crippen molar-refractivity contribution >= 4 is 0 Å². The Kier molecular flexibility index (Phi) is 2.90. The highest BCUT2D eigenvalue weighted by Gasteiger charge is 2.18. The molecule has 1 fully saturated rings. The Bertz CT molecular complexity index is 112. The number of aliphatic hydroxyl groups is 1. The number of rotatable bonds is 2. The lowest BCUT2D eigenvalue weighted by Crippen LogP contribution is -2.28. The van der Waals surface area contributed by atoms with Crippen LogP contribution in [0.3, 0.4) is 0 Å². The first kappa shape index (κ1) is 7.76. The Hall–Kier alpha value is -0.340. The van der Waals surface area contributed by atoms with Crippen LogP contribution in [0.15, 0.2) is 12.7 Å². The van der Waals surface area contributed by atoms with Crippen LogP contribution in [0.5, 0.6) is 0 Å². The highest BCUT2D eigenvalue weighted by Crippen LogP contribution is 2.18. The molecule has 1 aliphatic heterocycles. The zero-order valence-electron chi connectivity index (χ0n) is 6.12. The van der Waals surface area contributed by atoms with E-state index in [0.29, 0.717) is 0 Å². The Labute approximate surface area is 61.5 Å². The maximum atomic E-state index is 8.75. The third kappa shape index (κ3) is 1.82. The van der Waals surface area contributed by atoms with E-state index in [0.717, 1.165) is 19.3 Å². The molecular formula is C8H14O2. The van der Waals surface area contributed by atoms with Crippen LogP contribution in [-0.4, -0.2) is 23.9 Å². The van der Waals surface area contributed by atoms with Gasteiger partial charge in [-0.1, -0.05) is 6.08 Å². The quantitative estimate of drug-likeness (QED) is 0.585. The zero-order chi connectivity index (χ0) is 7.40. The topological polar surface area (TPSA) is 29.5 Å². The van der Waals surface area contributed by atoms with Gasteiger partial charge in [-0.3, -0.25) is 0 Å². The molecule has 0 aromatic heterocycles. The monoisotopic (exact) mass is 142 g/mol. The Morgan fingerprint density at radius 2 is 2.40 bits per heavy atom. The molecule has 10 heavy (non-hydrogen) atoms. The Balaban J connectivity index is 2.31. The average molecular weight is 142 g/mol. The second-order valence-electron chi connectivity index (χ2n) is 2.65. The Morgan fingerprint density at radius 1 is 1.60 bits per heavy atom. The van der Waals surface area contributed by atoms with Gasteiger partial charge in [0.1, 0.15) is 0 Å². The van der Waals surface area contributed by atoms with Gasteiger partial charge >= 0.3 is 0 Å². The third-order valence-corrected chi connectivity index (χ3v) is 1.85. The van der Waals surface area contributed by atoms with Gasteiger partial charge in [0.2, 0.25) is 0 Å². The van der Waals surface area contributed by atoms with Gasteiger partial charge in [-0.25, -0.2) is 0 Å². The summed E-state index contributed by atoms with van der Waals surface area (Å²) in [6.45, 7) is 3.79. The molecule has 1 heterocycles. The van der Waals surface area contributed by atoms with Crippen LogP contribution >= 0.6 is 0 Å². The van der Waals surface area contributed by atoms with Crippen LogP contribution in [-0.2, 0) is 4.74 Å². The summed E-state index contributed by atoms with van der Waals surface area (Å²) in [5.41, 5.74) is 0. The summed E-state index contributed by atoms with van der Waals surface area (Å²) in [7, 11) is 0. The van der Waals surface area contributed by atoms with Crippen LogP contribution in [0.4, 0.5) is 0 Å². The van der Waals surface area contributed by atoms with Gasteiger partial charge in [-0.05, 0) is 19.3 Å². The fourth-order valence-corrected chi connectivity index (χ4v) is 1.24. The van der Waals surface area contributed by atoms with Crippen LogP contribution in [0.2, 0.25) is 0 Å². The van der Waals surface area contributed by atoms with Gasteiger partial charge in [0, 0.05) is 0 Å². The van der Waals surface area contributed by atoms with E-state index < -0.39 is 0 Å². The van der Waals surface area contributed by atoms with Gasteiger partial charge in [0.25, 0.3) is 0 Å². The summed E-state index contributed by atoms with van der Waals surface area (Å²) < 4.78 is 5.42. The second kappa shape index (κ2) is 3.74. The fourth-order valence-electron chi connectivity index (χ4n) is 1.24. The third-order valence-electron chi connectivity index (χ3n) is 1.85. The SMILES string of the molecule is C=CC1CCCC(CO)O1. The molecular weight excluding hydrogens is 128 g/mol. The molecule has 0 radical (unpaired) electrons. The predicted molar refractivity (Wildman–Crippen MR) is 39.8 cm³/mol. The number of ether oxygens (including phenoxy) is 1. The van der Waals surface area contributed by atoms with Crippen LogP contribution in [0.1, 0.15) is 19.3 Å². The maximum Gasteiger partial charge on any atom is 0.0813 e. The molecule has 1 aliphatic rings.